The lowest BCUT2D eigenvalue weighted by atomic mass is 9.62. The second-order valence-electron chi connectivity index (χ2n) is 7.08. The number of fused-ring (bicyclic) bond motifs is 2. The zero-order valence-corrected chi connectivity index (χ0v) is 14.9. The molecule has 0 unspecified atom stereocenters. The third-order valence-corrected chi connectivity index (χ3v) is 5.62. The fourth-order valence-corrected chi connectivity index (χ4v) is 4.42. The minimum Gasteiger partial charge on any atom is -0.497 e. The van der Waals surface area contributed by atoms with Crippen molar-refractivity contribution in [1.82, 2.24) is 10.6 Å². The number of methoxy groups -OCH3 is 1. The van der Waals surface area contributed by atoms with Crippen LogP contribution in [0.3, 0.4) is 0 Å². The first-order valence-corrected chi connectivity index (χ1v) is 8.66. The Bertz CT molecular complexity index is 897. The Labute approximate surface area is 154 Å². The van der Waals surface area contributed by atoms with Gasteiger partial charge in [0.05, 0.1) is 24.8 Å². The predicted molar refractivity (Wildman–Crippen MR) is 94.1 cm³/mol. The van der Waals surface area contributed by atoms with Crippen molar-refractivity contribution in [2.75, 3.05) is 13.7 Å². The largest absolute Gasteiger partial charge is 0.497 e. The van der Waals surface area contributed by atoms with Crippen molar-refractivity contribution in [2.45, 2.75) is 31.0 Å². The fraction of sp³-hybridized carbons (Fsp3) is 0.350. The Morgan fingerprint density at radius 3 is 2.56 bits per heavy atom. The van der Waals surface area contributed by atoms with Crippen molar-refractivity contribution < 1.29 is 22.7 Å². The number of halogens is 3. The van der Waals surface area contributed by atoms with Gasteiger partial charge >= 0.3 is 6.18 Å². The van der Waals surface area contributed by atoms with Gasteiger partial charge in [0.2, 0.25) is 5.91 Å². The van der Waals surface area contributed by atoms with Crippen LogP contribution < -0.4 is 15.4 Å². The molecule has 1 aliphatic carbocycles. The Kier molecular flexibility index (Phi) is 3.96. The predicted octanol–water partition coefficient (Wildman–Crippen LogP) is 3.13. The van der Waals surface area contributed by atoms with Crippen LogP contribution in [0.5, 0.6) is 5.75 Å². The smallest absolute Gasteiger partial charge is 0.415 e. The van der Waals surface area contributed by atoms with Gasteiger partial charge in [0, 0.05) is 18.0 Å². The number of carbonyl (C=O) groups excluding carboxylic acids is 1. The van der Waals surface area contributed by atoms with Crippen LogP contribution in [0.2, 0.25) is 0 Å². The summed E-state index contributed by atoms with van der Waals surface area (Å²) in [6.45, 7) is 2.05. The van der Waals surface area contributed by atoms with E-state index in [4.69, 9.17) is 4.74 Å². The van der Waals surface area contributed by atoms with Gasteiger partial charge in [-0.2, -0.15) is 13.2 Å². The van der Waals surface area contributed by atoms with Crippen LogP contribution in [0.1, 0.15) is 18.9 Å². The zero-order valence-electron chi connectivity index (χ0n) is 14.9. The number of rotatable bonds is 2. The zero-order chi connectivity index (χ0) is 19.4. The summed E-state index contributed by atoms with van der Waals surface area (Å²) < 4.78 is 48.0. The van der Waals surface area contributed by atoms with E-state index in [1.54, 1.807) is 31.2 Å². The summed E-state index contributed by atoms with van der Waals surface area (Å²) in [5.74, 6) is 0.160. The van der Waals surface area contributed by atoms with E-state index in [-0.39, 0.29) is 12.1 Å². The fourth-order valence-electron chi connectivity index (χ4n) is 4.42. The van der Waals surface area contributed by atoms with Crippen molar-refractivity contribution in [3.05, 3.63) is 64.4 Å². The number of ether oxygens (including phenoxy) is 1. The first-order chi connectivity index (χ1) is 12.8. The molecule has 1 aromatic carbocycles. The molecule has 4 nitrogen and oxygen atoms in total. The highest BCUT2D eigenvalue weighted by atomic mass is 19.4. The molecule has 2 aliphatic heterocycles. The van der Waals surface area contributed by atoms with Gasteiger partial charge in [-0.25, -0.2) is 0 Å². The van der Waals surface area contributed by atoms with Crippen LogP contribution in [0, 0.1) is 0 Å². The Morgan fingerprint density at radius 1 is 1.22 bits per heavy atom. The summed E-state index contributed by atoms with van der Waals surface area (Å²) in [6.07, 6.45) is -0.926. The Morgan fingerprint density at radius 2 is 1.93 bits per heavy atom. The maximum Gasteiger partial charge on any atom is 0.415 e. The van der Waals surface area contributed by atoms with E-state index in [0.29, 0.717) is 23.4 Å². The molecule has 0 saturated carbocycles. The van der Waals surface area contributed by atoms with Gasteiger partial charge < -0.3 is 15.4 Å². The van der Waals surface area contributed by atoms with Crippen LogP contribution in [-0.4, -0.2) is 31.8 Å². The highest BCUT2D eigenvalue weighted by Crippen LogP contribution is 2.53. The van der Waals surface area contributed by atoms with Crippen LogP contribution in [0.25, 0.3) is 0 Å². The van der Waals surface area contributed by atoms with Crippen LogP contribution in [0.15, 0.2) is 58.8 Å². The number of nitrogens with one attached hydrogen (secondary N) is 2. The lowest BCUT2D eigenvalue weighted by Crippen LogP contribution is -2.55. The number of carbonyl (C=O) groups is 1. The van der Waals surface area contributed by atoms with E-state index >= 15 is 0 Å². The Balaban J connectivity index is 2.01. The summed E-state index contributed by atoms with van der Waals surface area (Å²) >= 11 is 0. The SMILES string of the molecule is COc1ccc([C@]2(C)C(C(F)(F)F)=C3NC(=O)CC3=C3C=CCN[C@H]32)cc1. The standard InChI is InChI=1S/C20H19F3N2O2/c1-19(11-5-7-12(27-2)8-6-11)17(20(21,22)23)16-14(10-15(26)25-16)13-4-3-9-24-18(13)19/h3-8,18,24H,9-10H2,1-2H3,(H,25,26)/t18-,19-/m1/s1. The lowest BCUT2D eigenvalue weighted by Gasteiger charge is -2.47. The van der Waals surface area contributed by atoms with E-state index in [9.17, 15) is 18.0 Å². The highest BCUT2D eigenvalue weighted by Gasteiger charge is 2.57. The van der Waals surface area contributed by atoms with Gasteiger partial charge in [0.15, 0.2) is 0 Å². The van der Waals surface area contributed by atoms with Gasteiger partial charge in [-0.15, -0.1) is 0 Å². The summed E-state index contributed by atoms with van der Waals surface area (Å²) in [4.78, 5) is 12.0. The number of amides is 1. The van der Waals surface area contributed by atoms with E-state index in [1.807, 2.05) is 12.2 Å². The molecule has 1 amide bonds. The summed E-state index contributed by atoms with van der Waals surface area (Å²) in [5, 5.41) is 5.69. The molecular weight excluding hydrogens is 357 g/mol. The lowest BCUT2D eigenvalue weighted by molar-refractivity contribution is -0.118. The monoisotopic (exact) mass is 376 g/mol. The number of allylic oxidation sites excluding steroid dienone is 1. The first-order valence-electron chi connectivity index (χ1n) is 8.66. The molecule has 1 fully saturated rings. The van der Waals surface area contributed by atoms with Crippen LogP contribution in [-0.2, 0) is 10.2 Å². The van der Waals surface area contributed by atoms with Crippen molar-refractivity contribution in [3.8, 4) is 5.75 Å². The van der Waals surface area contributed by atoms with E-state index in [2.05, 4.69) is 10.6 Å². The topological polar surface area (TPSA) is 50.4 Å². The second-order valence-corrected chi connectivity index (χ2v) is 7.08. The minimum atomic E-state index is -4.60. The van der Waals surface area contributed by atoms with Gasteiger partial charge in [0.25, 0.3) is 0 Å². The van der Waals surface area contributed by atoms with Crippen molar-refractivity contribution in [3.63, 3.8) is 0 Å². The number of hydrogen-bond donors (Lipinski definition) is 2. The van der Waals surface area contributed by atoms with Gasteiger partial charge in [-0.3, -0.25) is 4.79 Å². The molecule has 27 heavy (non-hydrogen) atoms. The number of benzene rings is 1. The average Bonchev–Trinajstić information content (AvgIpc) is 3.01. The second kappa shape index (κ2) is 5.99. The molecule has 142 valence electrons. The molecule has 1 aromatic rings. The van der Waals surface area contributed by atoms with Crippen LogP contribution in [0.4, 0.5) is 13.2 Å². The summed E-state index contributed by atoms with van der Waals surface area (Å²) in [5.41, 5.74) is -0.523. The maximum atomic E-state index is 14.3. The van der Waals surface area contributed by atoms with Crippen molar-refractivity contribution >= 4 is 5.91 Å². The normalized spacial score (nSPS) is 27.4. The quantitative estimate of drug-likeness (QED) is 0.834. The molecule has 3 aliphatic rings. The molecule has 2 atom stereocenters. The first kappa shape index (κ1) is 17.9. The maximum absolute atomic E-state index is 14.3. The molecule has 2 heterocycles. The van der Waals surface area contributed by atoms with Gasteiger partial charge in [0.1, 0.15) is 5.75 Å². The molecule has 1 saturated heterocycles. The molecule has 4 rings (SSSR count). The molecule has 0 bridgehead atoms. The third-order valence-electron chi connectivity index (χ3n) is 5.62. The molecule has 0 aromatic heterocycles. The molecule has 0 spiro atoms. The number of alkyl halides is 3. The van der Waals surface area contributed by atoms with E-state index < -0.39 is 29.1 Å². The van der Waals surface area contributed by atoms with E-state index in [0.717, 1.165) is 5.57 Å². The van der Waals surface area contributed by atoms with Crippen molar-refractivity contribution in [2.24, 2.45) is 0 Å². The molecular formula is C20H19F3N2O2. The molecule has 2 N–H and O–H groups in total. The highest BCUT2D eigenvalue weighted by molar-refractivity contribution is 5.89. The third kappa shape index (κ3) is 2.60. The summed E-state index contributed by atoms with van der Waals surface area (Å²) in [7, 11) is 1.51. The number of hydrogen-bond acceptors (Lipinski definition) is 3. The average molecular weight is 376 g/mol. The molecule has 7 heteroatoms. The van der Waals surface area contributed by atoms with Crippen LogP contribution >= 0.6 is 0 Å². The molecule has 0 radical (unpaired) electrons. The van der Waals surface area contributed by atoms with Gasteiger partial charge in [-0.1, -0.05) is 24.3 Å². The van der Waals surface area contributed by atoms with Gasteiger partial charge in [-0.05, 0) is 35.8 Å². The Hall–Kier alpha value is -2.54. The van der Waals surface area contributed by atoms with E-state index in [1.165, 1.54) is 7.11 Å². The summed E-state index contributed by atoms with van der Waals surface area (Å²) in [6, 6.07) is 6.04. The van der Waals surface area contributed by atoms with Crippen molar-refractivity contribution in [1.29, 1.82) is 0 Å². The minimum absolute atomic E-state index is 0.0363.